The maximum absolute atomic E-state index is 13.4. The normalized spacial score (nSPS) is 13.1. The SMILES string of the molecule is CC(C)S(=O)(=O)c1c(F)c(F)c(F)c(F)c1C(F)(F)F. The molecule has 0 bridgehead atoms. The van der Waals surface area contributed by atoms with Crippen LogP contribution >= 0.6 is 0 Å². The van der Waals surface area contributed by atoms with Crippen molar-refractivity contribution in [3.8, 4) is 0 Å². The van der Waals surface area contributed by atoms with Crippen molar-refractivity contribution >= 4 is 9.84 Å². The summed E-state index contributed by atoms with van der Waals surface area (Å²) in [7, 11) is -5.02. The number of hydrogen-bond acceptors (Lipinski definition) is 2. The van der Waals surface area contributed by atoms with Gasteiger partial charge >= 0.3 is 6.18 Å². The molecule has 1 rings (SSSR count). The van der Waals surface area contributed by atoms with Gasteiger partial charge in [0.2, 0.25) is 0 Å². The molecule has 114 valence electrons. The van der Waals surface area contributed by atoms with Crippen LogP contribution in [0.15, 0.2) is 4.90 Å². The van der Waals surface area contributed by atoms with Crippen molar-refractivity contribution in [3.05, 3.63) is 28.8 Å². The van der Waals surface area contributed by atoms with Crippen LogP contribution in [0.25, 0.3) is 0 Å². The van der Waals surface area contributed by atoms with E-state index >= 15 is 0 Å². The quantitative estimate of drug-likeness (QED) is 0.361. The maximum Gasteiger partial charge on any atom is 0.420 e. The molecule has 0 aromatic heterocycles. The Morgan fingerprint density at radius 2 is 1.25 bits per heavy atom. The van der Waals surface area contributed by atoms with Crippen molar-refractivity contribution in [3.63, 3.8) is 0 Å². The molecule has 0 unspecified atom stereocenters. The summed E-state index contributed by atoms with van der Waals surface area (Å²) in [6.45, 7) is 1.77. The fourth-order valence-electron chi connectivity index (χ4n) is 1.37. The Balaban J connectivity index is 4.03. The van der Waals surface area contributed by atoms with E-state index in [4.69, 9.17) is 0 Å². The van der Waals surface area contributed by atoms with E-state index in [1.807, 2.05) is 0 Å². The first-order valence-corrected chi connectivity index (χ1v) is 6.55. The molecule has 20 heavy (non-hydrogen) atoms. The molecular formula is C10H7F7O2S. The van der Waals surface area contributed by atoms with Gasteiger partial charge in [-0.15, -0.1) is 0 Å². The average Bonchev–Trinajstić information content (AvgIpc) is 2.28. The summed E-state index contributed by atoms with van der Waals surface area (Å²) in [5.74, 6) is -10.7. The van der Waals surface area contributed by atoms with Crippen LogP contribution in [0.4, 0.5) is 30.7 Å². The van der Waals surface area contributed by atoms with E-state index in [1.165, 1.54) is 0 Å². The molecule has 0 amide bonds. The van der Waals surface area contributed by atoms with Gasteiger partial charge in [-0.2, -0.15) is 13.2 Å². The van der Waals surface area contributed by atoms with E-state index < -0.39 is 55.0 Å². The number of rotatable bonds is 2. The highest BCUT2D eigenvalue weighted by Crippen LogP contribution is 2.40. The summed E-state index contributed by atoms with van der Waals surface area (Å²) in [6.07, 6.45) is -5.71. The topological polar surface area (TPSA) is 34.1 Å². The summed E-state index contributed by atoms with van der Waals surface area (Å²) < 4.78 is 114. The van der Waals surface area contributed by atoms with Gasteiger partial charge in [0.1, 0.15) is 10.5 Å². The lowest BCUT2D eigenvalue weighted by Gasteiger charge is -2.17. The lowest BCUT2D eigenvalue weighted by Crippen LogP contribution is -2.24. The Bertz CT molecular complexity index is 647. The molecule has 2 nitrogen and oxygen atoms in total. The molecule has 0 aliphatic heterocycles. The molecule has 0 saturated carbocycles. The number of hydrogen-bond donors (Lipinski definition) is 0. The lowest BCUT2D eigenvalue weighted by atomic mass is 10.1. The monoisotopic (exact) mass is 324 g/mol. The standard InChI is InChI=1S/C10H7F7O2S/c1-3(2)20(18,19)9-4(10(15,16)17)5(11)6(12)7(13)8(9)14/h3H,1-2H3. The van der Waals surface area contributed by atoms with Gasteiger partial charge in [0.05, 0.1) is 5.25 Å². The van der Waals surface area contributed by atoms with Crippen molar-refractivity contribution in [1.29, 1.82) is 0 Å². The second kappa shape index (κ2) is 4.90. The van der Waals surface area contributed by atoms with Crippen LogP contribution in [0.3, 0.4) is 0 Å². The van der Waals surface area contributed by atoms with E-state index in [0.717, 1.165) is 13.8 Å². The minimum atomic E-state index is -5.71. The Hall–Kier alpha value is -1.32. The molecular weight excluding hydrogens is 317 g/mol. The number of alkyl halides is 3. The number of sulfone groups is 1. The molecule has 0 radical (unpaired) electrons. The molecule has 0 heterocycles. The molecule has 0 saturated heterocycles. The summed E-state index contributed by atoms with van der Waals surface area (Å²) in [5, 5.41) is -1.60. The van der Waals surface area contributed by atoms with Crippen molar-refractivity contribution in [2.75, 3.05) is 0 Å². The first kappa shape index (κ1) is 16.7. The van der Waals surface area contributed by atoms with E-state index in [9.17, 15) is 39.2 Å². The van der Waals surface area contributed by atoms with E-state index in [2.05, 4.69) is 0 Å². The Labute approximate surface area is 109 Å². The summed E-state index contributed by atoms with van der Waals surface area (Å²) in [4.78, 5) is -2.23. The van der Waals surface area contributed by atoms with Gasteiger partial charge < -0.3 is 0 Å². The predicted octanol–water partition coefficient (Wildman–Crippen LogP) is 3.44. The van der Waals surface area contributed by atoms with Crippen molar-refractivity contribution in [2.24, 2.45) is 0 Å². The molecule has 1 aromatic carbocycles. The second-order valence-electron chi connectivity index (χ2n) is 4.05. The van der Waals surface area contributed by atoms with Gasteiger partial charge in [0, 0.05) is 0 Å². The first-order valence-electron chi connectivity index (χ1n) is 5.00. The van der Waals surface area contributed by atoms with Gasteiger partial charge in [-0.3, -0.25) is 0 Å². The zero-order valence-electron chi connectivity index (χ0n) is 9.95. The Kier molecular flexibility index (Phi) is 4.10. The van der Waals surface area contributed by atoms with Crippen LogP contribution in [0.1, 0.15) is 19.4 Å². The molecule has 1 aromatic rings. The first-order chi connectivity index (χ1) is 8.83. The van der Waals surface area contributed by atoms with Crippen LogP contribution in [-0.2, 0) is 16.0 Å². The average molecular weight is 324 g/mol. The van der Waals surface area contributed by atoms with Gasteiger partial charge in [-0.1, -0.05) is 0 Å². The predicted molar refractivity (Wildman–Crippen MR) is 53.6 cm³/mol. The fourth-order valence-corrected chi connectivity index (χ4v) is 2.67. The summed E-state index contributed by atoms with van der Waals surface area (Å²) >= 11 is 0. The Morgan fingerprint density at radius 3 is 1.60 bits per heavy atom. The Morgan fingerprint density at radius 1 is 0.850 bits per heavy atom. The minimum Gasteiger partial charge on any atom is -0.223 e. The highest BCUT2D eigenvalue weighted by Gasteiger charge is 2.46. The third-order valence-electron chi connectivity index (χ3n) is 2.41. The smallest absolute Gasteiger partial charge is 0.223 e. The molecule has 0 aliphatic carbocycles. The van der Waals surface area contributed by atoms with Crippen LogP contribution < -0.4 is 0 Å². The van der Waals surface area contributed by atoms with Crippen molar-refractivity contribution in [1.82, 2.24) is 0 Å². The van der Waals surface area contributed by atoms with E-state index in [1.54, 1.807) is 0 Å². The molecule has 0 atom stereocenters. The maximum atomic E-state index is 13.4. The second-order valence-corrected chi connectivity index (χ2v) is 6.49. The third-order valence-corrected chi connectivity index (χ3v) is 4.61. The van der Waals surface area contributed by atoms with Gasteiger partial charge in [0.15, 0.2) is 33.1 Å². The van der Waals surface area contributed by atoms with Gasteiger partial charge in [0.25, 0.3) is 0 Å². The van der Waals surface area contributed by atoms with Crippen LogP contribution in [0, 0.1) is 23.3 Å². The van der Waals surface area contributed by atoms with Crippen molar-refractivity contribution < 1.29 is 39.2 Å². The van der Waals surface area contributed by atoms with Crippen LogP contribution in [0.2, 0.25) is 0 Å². The van der Waals surface area contributed by atoms with Crippen molar-refractivity contribution in [2.45, 2.75) is 30.2 Å². The van der Waals surface area contributed by atoms with Gasteiger partial charge in [-0.25, -0.2) is 26.0 Å². The highest BCUT2D eigenvalue weighted by molar-refractivity contribution is 7.92. The lowest BCUT2D eigenvalue weighted by molar-refractivity contribution is -0.143. The molecule has 0 fully saturated rings. The largest absolute Gasteiger partial charge is 0.420 e. The third kappa shape index (κ3) is 2.48. The fraction of sp³-hybridized carbons (Fsp3) is 0.400. The van der Waals surface area contributed by atoms with Gasteiger partial charge in [-0.05, 0) is 13.8 Å². The van der Waals surface area contributed by atoms with E-state index in [-0.39, 0.29) is 0 Å². The highest BCUT2D eigenvalue weighted by atomic mass is 32.2. The molecule has 10 heteroatoms. The van der Waals surface area contributed by atoms with Crippen LogP contribution in [-0.4, -0.2) is 13.7 Å². The summed E-state index contributed by atoms with van der Waals surface area (Å²) in [6, 6.07) is 0. The number of benzene rings is 1. The zero-order valence-corrected chi connectivity index (χ0v) is 10.8. The molecule has 0 N–H and O–H groups in total. The van der Waals surface area contributed by atoms with Crippen LogP contribution in [0.5, 0.6) is 0 Å². The van der Waals surface area contributed by atoms with E-state index in [0.29, 0.717) is 0 Å². The molecule has 0 aliphatic rings. The zero-order chi connectivity index (χ0) is 16.0. The summed E-state index contributed by atoms with van der Waals surface area (Å²) in [5.41, 5.74) is -2.68. The number of halogens is 7. The minimum absolute atomic E-state index is 0.883. The molecule has 0 spiro atoms.